The molecular weight excluding hydrogens is 473 g/mol. The summed E-state index contributed by atoms with van der Waals surface area (Å²) in [6.45, 7) is 6.70. The Morgan fingerprint density at radius 3 is 2.56 bits per heavy atom. The van der Waals surface area contributed by atoms with Gasteiger partial charge in [-0.1, -0.05) is 19.1 Å². The minimum absolute atomic E-state index is 0. The number of hydrogen-bond acceptors (Lipinski definition) is 4. The summed E-state index contributed by atoms with van der Waals surface area (Å²) in [6.07, 6.45) is 0.880. The van der Waals surface area contributed by atoms with Crippen molar-refractivity contribution in [1.82, 2.24) is 10.6 Å². The lowest BCUT2D eigenvalue weighted by atomic mass is 10.1. The van der Waals surface area contributed by atoms with E-state index in [1.165, 1.54) is 10.4 Å². The summed E-state index contributed by atoms with van der Waals surface area (Å²) in [4.78, 5) is 6.09. The van der Waals surface area contributed by atoms with Crippen LogP contribution >= 0.6 is 35.3 Å². The zero-order valence-electron chi connectivity index (χ0n) is 16.5. The molecule has 1 atom stereocenters. The topological polar surface area (TPSA) is 54.9 Å². The summed E-state index contributed by atoms with van der Waals surface area (Å²) >= 11 is 1.79. The van der Waals surface area contributed by atoms with Crippen molar-refractivity contribution < 1.29 is 9.47 Å². The number of benzene rings is 1. The molecule has 0 saturated carbocycles. The first-order valence-corrected chi connectivity index (χ1v) is 9.82. The fraction of sp³-hybridized carbons (Fsp3) is 0.450. The molecule has 2 aromatic rings. The first kappa shape index (κ1) is 23.6. The maximum absolute atomic E-state index is 5.36. The van der Waals surface area contributed by atoms with E-state index in [1.54, 1.807) is 25.6 Å². The number of nitrogens with one attached hydrogen (secondary N) is 2. The van der Waals surface area contributed by atoms with Gasteiger partial charge < -0.3 is 20.1 Å². The highest BCUT2D eigenvalue weighted by Crippen LogP contribution is 2.27. The van der Waals surface area contributed by atoms with Gasteiger partial charge >= 0.3 is 0 Å². The Morgan fingerprint density at radius 2 is 1.93 bits per heavy atom. The van der Waals surface area contributed by atoms with Gasteiger partial charge in [-0.2, -0.15) is 0 Å². The van der Waals surface area contributed by atoms with Crippen LogP contribution in [0.1, 0.15) is 30.2 Å². The number of rotatable bonds is 9. The Morgan fingerprint density at radius 1 is 1.15 bits per heavy atom. The zero-order valence-corrected chi connectivity index (χ0v) is 19.6. The molecule has 0 aliphatic rings. The highest BCUT2D eigenvalue weighted by atomic mass is 127. The fourth-order valence-corrected chi connectivity index (χ4v) is 3.37. The molecule has 1 aromatic carbocycles. The predicted molar refractivity (Wildman–Crippen MR) is 125 cm³/mol. The van der Waals surface area contributed by atoms with Crippen molar-refractivity contribution in [3.63, 3.8) is 0 Å². The first-order valence-electron chi connectivity index (χ1n) is 8.94. The third-order valence-corrected chi connectivity index (χ3v) is 5.15. The third-order valence-electron chi connectivity index (χ3n) is 4.05. The molecule has 0 radical (unpaired) electrons. The first-order chi connectivity index (χ1) is 12.7. The molecule has 5 nitrogen and oxygen atoms in total. The zero-order chi connectivity index (χ0) is 18.8. The molecule has 2 N–H and O–H groups in total. The molecule has 0 aliphatic carbocycles. The summed E-state index contributed by atoms with van der Waals surface area (Å²) < 4.78 is 10.6. The summed E-state index contributed by atoms with van der Waals surface area (Å²) in [7, 11) is 3.31. The van der Waals surface area contributed by atoms with E-state index in [-0.39, 0.29) is 24.0 Å². The van der Waals surface area contributed by atoms with Crippen LogP contribution in [0.15, 0.2) is 40.7 Å². The quantitative estimate of drug-likeness (QED) is 0.305. The van der Waals surface area contributed by atoms with Crippen molar-refractivity contribution in [2.45, 2.75) is 26.2 Å². The summed E-state index contributed by atoms with van der Waals surface area (Å²) in [5, 5.41) is 8.83. The lowest BCUT2D eigenvalue weighted by Crippen LogP contribution is -2.38. The molecule has 0 bridgehead atoms. The SMILES string of the molecule is CCNC(=NCC(C)c1cccs1)NCCc1ccc(OC)c(OC)c1.I. The Bertz CT molecular complexity index is 693. The molecule has 0 amide bonds. The Labute approximate surface area is 183 Å². The van der Waals surface area contributed by atoms with E-state index in [9.17, 15) is 0 Å². The van der Waals surface area contributed by atoms with Gasteiger partial charge in [0, 0.05) is 23.9 Å². The van der Waals surface area contributed by atoms with E-state index in [2.05, 4.69) is 48.1 Å². The Balaban J connectivity index is 0.00000364. The maximum atomic E-state index is 5.36. The van der Waals surface area contributed by atoms with Crippen LogP contribution in [0.4, 0.5) is 0 Å². The van der Waals surface area contributed by atoms with Crippen molar-refractivity contribution in [1.29, 1.82) is 0 Å². The molecule has 1 aromatic heterocycles. The van der Waals surface area contributed by atoms with Crippen molar-refractivity contribution in [2.75, 3.05) is 33.9 Å². The number of halogens is 1. The monoisotopic (exact) mass is 503 g/mol. The van der Waals surface area contributed by atoms with Crippen LogP contribution in [0.3, 0.4) is 0 Å². The highest BCUT2D eigenvalue weighted by Gasteiger charge is 2.07. The Hall–Kier alpha value is -1.48. The number of guanidine groups is 1. The van der Waals surface area contributed by atoms with E-state index in [0.717, 1.165) is 43.5 Å². The van der Waals surface area contributed by atoms with Gasteiger partial charge in [0.05, 0.1) is 20.8 Å². The maximum Gasteiger partial charge on any atom is 0.191 e. The second kappa shape index (κ2) is 12.8. The number of methoxy groups -OCH3 is 2. The van der Waals surface area contributed by atoms with Crippen LogP contribution in [0.5, 0.6) is 11.5 Å². The summed E-state index contributed by atoms with van der Waals surface area (Å²) in [5.41, 5.74) is 1.19. The van der Waals surface area contributed by atoms with Crippen molar-refractivity contribution >= 4 is 41.3 Å². The van der Waals surface area contributed by atoms with Crippen LogP contribution < -0.4 is 20.1 Å². The van der Waals surface area contributed by atoms with E-state index in [0.29, 0.717) is 5.92 Å². The van der Waals surface area contributed by atoms with Gasteiger partial charge in [-0.05, 0) is 42.5 Å². The fourth-order valence-electron chi connectivity index (χ4n) is 2.59. The van der Waals surface area contributed by atoms with Crippen molar-refractivity contribution in [2.24, 2.45) is 4.99 Å². The van der Waals surface area contributed by atoms with Gasteiger partial charge in [0.25, 0.3) is 0 Å². The molecule has 27 heavy (non-hydrogen) atoms. The lowest BCUT2D eigenvalue weighted by Gasteiger charge is -2.14. The molecule has 1 unspecified atom stereocenters. The molecule has 7 heteroatoms. The lowest BCUT2D eigenvalue weighted by molar-refractivity contribution is 0.354. The largest absolute Gasteiger partial charge is 0.493 e. The van der Waals surface area contributed by atoms with Gasteiger partial charge in [-0.25, -0.2) is 0 Å². The van der Waals surface area contributed by atoms with Crippen LogP contribution in [0, 0.1) is 0 Å². The minimum atomic E-state index is 0. The van der Waals surface area contributed by atoms with Gasteiger partial charge in [-0.3, -0.25) is 4.99 Å². The standard InChI is InChI=1S/C20H29N3O2S.HI/c1-5-21-20(23-14-15(2)19-7-6-12-26-19)22-11-10-16-8-9-17(24-3)18(13-16)25-4;/h6-9,12-13,15H,5,10-11,14H2,1-4H3,(H2,21,22,23);1H. The molecular formula is C20H30IN3O2S. The molecule has 0 saturated heterocycles. The molecule has 0 fully saturated rings. The molecule has 0 aliphatic heterocycles. The van der Waals surface area contributed by atoms with Gasteiger partial charge in [0.1, 0.15) is 0 Å². The molecule has 2 rings (SSSR count). The van der Waals surface area contributed by atoms with Gasteiger partial charge in [0.15, 0.2) is 17.5 Å². The van der Waals surface area contributed by atoms with E-state index in [4.69, 9.17) is 14.5 Å². The Kier molecular flexibility index (Phi) is 11.2. The second-order valence-corrected chi connectivity index (χ2v) is 6.98. The van der Waals surface area contributed by atoms with E-state index >= 15 is 0 Å². The van der Waals surface area contributed by atoms with Crippen LogP contribution in [0.25, 0.3) is 0 Å². The average molecular weight is 503 g/mol. The number of nitrogens with zero attached hydrogens (tertiary/aromatic N) is 1. The minimum Gasteiger partial charge on any atom is -0.493 e. The van der Waals surface area contributed by atoms with Crippen LogP contribution in [-0.2, 0) is 6.42 Å². The normalized spacial score (nSPS) is 12.1. The van der Waals surface area contributed by atoms with Gasteiger partial charge in [-0.15, -0.1) is 35.3 Å². The van der Waals surface area contributed by atoms with Crippen LogP contribution in [-0.4, -0.2) is 39.8 Å². The molecule has 1 heterocycles. The third kappa shape index (κ3) is 7.57. The second-order valence-electron chi connectivity index (χ2n) is 6.00. The number of hydrogen-bond donors (Lipinski definition) is 2. The van der Waals surface area contributed by atoms with Gasteiger partial charge in [0.2, 0.25) is 0 Å². The van der Waals surface area contributed by atoms with Crippen molar-refractivity contribution in [3.05, 3.63) is 46.2 Å². The smallest absolute Gasteiger partial charge is 0.191 e. The predicted octanol–water partition coefficient (Wildman–Crippen LogP) is 4.28. The summed E-state index contributed by atoms with van der Waals surface area (Å²) in [5.74, 6) is 2.80. The highest BCUT2D eigenvalue weighted by molar-refractivity contribution is 14.0. The number of thiophene rings is 1. The average Bonchev–Trinajstić information content (AvgIpc) is 3.20. The number of ether oxygens (including phenoxy) is 2. The van der Waals surface area contributed by atoms with Crippen LogP contribution in [0.2, 0.25) is 0 Å². The van der Waals surface area contributed by atoms with E-state index in [1.807, 2.05) is 12.1 Å². The summed E-state index contributed by atoms with van der Waals surface area (Å²) in [6, 6.07) is 10.3. The number of aliphatic imine (C=N–C) groups is 1. The van der Waals surface area contributed by atoms with Crippen molar-refractivity contribution in [3.8, 4) is 11.5 Å². The molecule has 0 spiro atoms. The van der Waals surface area contributed by atoms with E-state index < -0.39 is 0 Å². The molecule has 150 valence electrons.